The average Bonchev–Trinajstić information content (AvgIpc) is 2.80. The molecule has 4 nitrogen and oxygen atoms in total. The number of hydrogen-bond acceptors (Lipinski definition) is 3. The Labute approximate surface area is 110 Å². The lowest BCUT2D eigenvalue weighted by Crippen LogP contribution is -2.32. The predicted molar refractivity (Wildman–Crippen MR) is 68.3 cm³/mol. The van der Waals surface area contributed by atoms with Crippen molar-refractivity contribution in [3.05, 3.63) is 28.7 Å². The number of nitrogens with one attached hydrogen (secondary N) is 1. The van der Waals surface area contributed by atoms with Crippen molar-refractivity contribution in [2.75, 3.05) is 13.2 Å². The second-order valence-corrected chi connectivity index (χ2v) is 6.51. The van der Waals surface area contributed by atoms with Gasteiger partial charge in [0.2, 0.25) is 10.0 Å². The molecule has 0 saturated carbocycles. The summed E-state index contributed by atoms with van der Waals surface area (Å²) in [5.74, 6) is 0. The minimum atomic E-state index is -3.46. The lowest BCUT2D eigenvalue weighted by atomic mass is 10.2. The number of benzene rings is 1. The highest BCUT2D eigenvalue weighted by Crippen LogP contribution is 2.21. The SMILES string of the molecule is O=S(=O)(NC[C@@H]1CCCO1)c1ccccc1Br. The Kier molecular flexibility index (Phi) is 4.19. The standard InChI is InChI=1S/C11H14BrNO3S/c12-10-5-1-2-6-11(10)17(14,15)13-8-9-4-3-7-16-9/h1-2,5-6,9,13H,3-4,7-8H2/t9-/m0/s1. The molecule has 17 heavy (non-hydrogen) atoms. The van der Waals surface area contributed by atoms with E-state index in [1.165, 1.54) is 0 Å². The van der Waals surface area contributed by atoms with Gasteiger partial charge in [-0.25, -0.2) is 13.1 Å². The highest BCUT2D eigenvalue weighted by molar-refractivity contribution is 9.10. The monoisotopic (exact) mass is 319 g/mol. The molecule has 1 aromatic carbocycles. The molecular formula is C11H14BrNO3S. The molecule has 1 aliphatic heterocycles. The van der Waals surface area contributed by atoms with Crippen LogP contribution >= 0.6 is 15.9 Å². The second kappa shape index (κ2) is 5.48. The number of hydrogen-bond donors (Lipinski definition) is 1. The highest BCUT2D eigenvalue weighted by atomic mass is 79.9. The van der Waals surface area contributed by atoms with Crippen LogP contribution in [0.3, 0.4) is 0 Å². The van der Waals surface area contributed by atoms with Gasteiger partial charge in [0.05, 0.1) is 11.0 Å². The number of ether oxygens (including phenoxy) is 1. The van der Waals surface area contributed by atoms with Crippen molar-refractivity contribution in [2.24, 2.45) is 0 Å². The summed E-state index contributed by atoms with van der Waals surface area (Å²) in [4.78, 5) is 0.262. The molecule has 0 aliphatic carbocycles. The van der Waals surface area contributed by atoms with Gasteiger partial charge in [0.15, 0.2) is 0 Å². The molecule has 1 atom stereocenters. The molecule has 94 valence electrons. The lowest BCUT2D eigenvalue weighted by Gasteiger charge is -2.12. The Hall–Kier alpha value is -0.430. The van der Waals surface area contributed by atoms with Crippen LogP contribution in [0.4, 0.5) is 0 Å². The Morgan fingerprint density at radius 2 is 2.18 bits per heavy atom. The van der Waals surface area contributed by atoms with Crippen LogP contribution in [0.1, 0.15) is 12.8 Å². The van der Waals surface area contributed by atoms with Gasteiger partial charge in [0.1, 0.15) is 0 Å². The molecule has 1 aliphatic rings. The molecule has 6 heteroatoms. The van der Waals surface area contributed by atoms with Crippen LogP contribution in [0.5, 0.6) is 0 Å². The van der Waals surface area contributed by atoms with Gasteiger partial charge in [-0.2, -0.15) is 0 Å². The zero-order valence-electron chi connectivity index (χ0n) is 9.23. The Bertz CT molecular complexity index is 483. The zero-order chi connectivity index (χ0) is 12.3. The lowest BCUT2D eigenvalue weighted by molar-refractivity contribution is 0.114. The molecule has 2 rings (SSSR count). The van der Waals surface area contributed by atoms with Gasteiger partial charge in [-0.15, -0.1) is 0 Å². The average molecular weight is 320 g/mol. The molecule has 1 heterocycles. The fraction of sp³-hybridized carbons (Fsp3) is 0.455. The molecule has 0 aromatic heterocycles. The first-order chi connectivity index (χ1) is 8.09. The fourth-order valence-corrected chi connectivity index (χ4v) is 3.82. The van der Waals surface area contributed by atoms with E-state index >= 15 is 0 Å². The molecule has 0 unspecified atom stereocenters. The van der Waals surface area contributed by atoms with E-state index in [-0.39, 0.29) is 11.0 Å². The van der Waals surface area contributed by atoms with Crippen LogP contribution in [0, 0.1) is 0 Å². The predicted octanol–water partition coefficient (Wildman–Crippen LogP) is 1.91. The zero-order valence-corrected chi connectivity index (χ0v) is 11.6. The summed E-state index contributed by atoms with van der Waals surface area (Å²) in [7, 11) is -3.46. The minimum Gasteiger partial charge on any atom is -0.377 e. The molecule has 1 N–H and O–H groups in total. The van der Waals surface area contributed by atoms with Crippen LogP contribution in [0.15, 0.2) is 33.6 Å². The van der Waals surface area contributed by atoms with Crippen molar-refractivity contribution in [2.45, 2.75) is 23.8 Å². The molecule has 0 amide bonds. The molecule has 0 bridgehead atoms. The van der Waals surface area contributed by atoms with Crippen molar-refractivity contribution < 1.29 is 13.2 Å². The maximum absolute atomic E-state index is 12.0. The van der Waals surface area contributed by atoms with Gasteiger partial charge in [-0.3, -0.25) is 0 Å². The normalized spacial score (nSPS) is 20.6. The fourth-order valence-electron chi connectivity index (χ4n) is 1.75. The van der Waals surface area contributed by atoms with Gasteiger partial charge in [0.25, 0.3) is 0 Å². The Morgan fingerprint density at radius 1 is 1.41 bits per heavy atom. The molecular weight excluding hydrogens is 306 g/mol. The smallest absolute Gasteiger partial charge is 0.241 e. The van der Waals surface area contributed by atoms with Gasteiger partial charge in [-0.05, 0) is 40.9 Å². The third kappa shape index (κ3) is 3.28. The first kappa shape index (κ1) is 13.0. The van der Waals surface area contributed by atoms with Crippen LogP contribution in [0.25, 0.3) is 0 Å². The van der Waals surface area contributed by atoms with Gasteiger partial charge >= 0.3 is 0 Å². The van der Waals surface area contributed by atoms with E-state index in [1.54, 1.807) is 24.3 Å². The first-order valence-corrected chi connectivity index (χ1v) is 7.73. The van der Waals surface area contributed by atoms with Gasteiger partial charge in [-0.1, -0.05) is 12.1 Å². The quantitative estimate of drug-likeness (QED) is 0.922. The number of halogens is 1. The molecule has 1 saturated heterocycles. The van der Waals surface area contributed by atoms with E-state index in [0.717, 1.165) is 19.4 Å². The summed E-state index contributed by atoms with van der Waals surface area (Å²) in [5.41, 5.74) is 0. The topological polar surface area (TPSA) is 55.4 Å². The summed E-state index contributed by atoms with van der Waals surface area (Å²) in [6.45, 7) is 1.06. The van der Waals surface area contributed by atoms with Crippen molar-refractivity contribution in [1.29, 1.82) is 0 Å². The number of sulfonamides is 1. The number of rotatable bonds is 4. The maximum atomic E-state index is 12.0. The summed E-state index contributed by atoms with van der Waals surface area (Å²) in [5, 5.41) is 0. The van der Waals surface area contributed by atoms with E-state index in [4.69, 9.17) is 4.74 Å². The van der Waals surface area contributed by atoms with E-state index in [0.29, 0.717) is 11.0 Å². The first-order valence-electron chi connectivity index (χ1n) is 5.45. The third-order valence-corrected chi connectivity index (χ3v) is 5.09. The molecule has 1 aromatic rings. The van der Waals surface area contributed by atoms with Gasteiger partial charge in [0, 0.05) is 17.6 Å². The Balaban J connectivity index is 2.06. The van der Waals surface area contributed by atoms with Crippen LogP contribution in [0.2, 0.25) is 0 Å². The van der Waals surface area contributed by atoms with Crippen molar-refractivity contribution in [3.63, 3.8) is 0 Å². The summed E-state index contributed by atoms with van der Waals surface area (Å²) in [6.07, 6.45) is 1.92. The second-order valence-electron chi connectivity index (χ2n) is 3.92. The van der Waals surface area contributed by atoms with Gasteiger partial charge < -0.3 is 4.74 Å². The van der Waals surface area contributed by atoms with E-state index in [1.807, 2.05) is 0 Å². The molecule has 0 spiro atoms. The maximum Gasteiger partial charge on any atom is 0.241 e. The van der Waals surface area contributed by atoms with Crippen LogP contribution in [-0.4, -0.2) is 27.7 Å². The molecule has 0 radical (unpaired) electrons. The minimum absolute atomic E-state index is 0.00672. The largest absolute Gasteiger partial charge is 0.377 e. The summed E-state index contributed by atoms with van der Waals surface area (Å²) >= 11 is 3.24. The van der Waals surface area contributed by atoms with E-state index < -0.39 is 10.0 Å². The van der Waals surface area contributed by atoms with E-state index in [2.05, 4.69) is 20.7 Å². The van der Waals surface area contributed by atoms with E-state index in [9.17, 15) is 8.42 Å². The van der Waals surface area contributed by atoms with Crippen LogP contribution in [-0.2, 0) is 14.8 Å². The third-order valence-electron chi connectivity index (χ3n) is 2.65. The van der Waals surface area contributed by atoms with Crippen molar-refractivity contribution in [1.82, 2.24) is 4.72 Å². The van der Waals surface area contributed by atoms with Crippen molar-refractivity contribution >= 4 is 26.0 Å². The Morgan fingerprint density at radius 3 is 2.82 bits per heavy atom. The molecule has 1 fully saturated rings. The van der Waals surface area contributed by atoms with Crippen LogP contribution < -0.4 is 4.72 Å². The summed E-state index contributed by atoms with van der Waals surface area (Å²) in [6, 6.07) is 6.76. The summed E-state index contributed by atoms with van der Waals surface area (Å²) < 4.78 is 32.5. The van der Waals surface area contributed by atoms with Crippen molar-refractivity contribution in [3.8, 4) is 0 Å². The highest BCUT2D eigenvalue weighted by Gasteiger charge is 2.21.